The molecule has 76 valence electrons. The van der Waals surface area contributed by atoms with Gasteiger partial charge in [-0.25, -0.2) is 0 Å². The third-order valence-electron chi connectivity index (χ3n) is 2.01. The van der Waals surface area contributed by atoms with Crippen LogP contribution in [-0.4, -0.2) is 15.2 Å². The molecule has 5 nitrogen and oxygen atoms in total. The summed E-state index contributed by atoms with van der Waals surface area (Å²) in [5.41, 5.74) is -1.07. The molecular weight excluding hydrogens is 198 g/mol. The van der Waals surface area contributed by atoms with E-state index in [1.807, 2.05) is 0 Å². The van der Waals surface area contributed by atoms with Gasteiger partial charge in [0.05, 0.1) is 5.52 Å². The van der Waals surface area contributed by atoms with Gasteiger partial charge in [-0.15, -0.1) is 0 Å². The summed E-state index contributed by atoms with van der Waals surface area (Å²) in [6.45, 7) is 0. The van der Waals surface area contributed by atoms with Gasteiger partial charge in [0, 0.05) is 17.5 Å². The molecule has 0 fully saturated rings. The molecule has 1 heterocycles. The van der Waals surface area contributed by atoms with Crippen LogP contribution in [0.3, 0.4) is 0 Å². The number of nitrogens with one attached hydrogen (secondary N) is 1. The van der Waals surface area contributed by atoms with Crippen LogP contribution in [0.1, 0.15) is 0 Å². The van der Waals surface area contributed by atoms with E-state index in [9.17, 15) is 19.8 Å². The van der Waals surface area contributed by atoms with Crippen LogP contribution in [0.4, 0.5) is 0 Å². The minimum atomic E-state index is -0.650. The van der Waals surface area contributed by atoms with Crippen molar-refractivity contribution < 1.29 is 10.2 Å². The Morgan fingerprint density at radius 3 is 2.53 bits per heavy atom. The fourth-order valence-corrected chi connectivity index (χ4v) is 1.33. The lowest BCUT2D eigenvalue weighted by Crippen LogP contribution is -1.98. The van der Waals surface area contributed by atoms with Crippen LogP contribution in [0.15, 0.2) is 33.9 Å². The molecule has 1 aromatic heterocycles. The average molecular weight is 205 g/mol. The highest BCUT2D eigenvalue weighted by Crippen LogP contribution is 2.14. The maximum atomic E-state index is 11.5. The van der Waals surface area contributed by atoms with E-state index in [1.165, 1.54) is 18.2 Å². The second kappa shape index (κ2) is 3.13. The number of rotatable bonds is 0. The van der Waals surface area contributed by atoms with Gasteiger partial charge in [0.2, 0.25) is 5.43 Å². The molecule has 5 heteroatoms. The van der Waals surface area contributed by atoms with Crippen LogP contribution in [0.2, 0.25) is 0 Å². The number of aromatic amines is 1. The van der Waals surface area contributed by atoms with Gasteiger partial charge in [0.25, 0.3) is 5.56 Å². The van der Waals surface area contributed by atoms with Crippen molar-refractivity contribution in [3.8, 4) is 11.5 Å². The number of benzene rings is 1. The highest BCUT2D eigenvalue weighted by molar-refractivity contribution is 5.80. The van der Waals surface area contributed by atoms with Gasteiger partial charge in [-0.05, 0) is 12.1 Å². The molecule has 2 rings (SSSR count). The van der Waals surface area contributed by atoms with Crippen LogP contribution in [-0.2, 0) is 0 Å². The van der Waals surface area contributed by atoms with Gasteiger partial charge in [0.1, 0.15) is 5.75 Å². The van der Waals surface area contributed by atoms with Gasteiger partial charge >= 0.3 is 0 Å². The zero-order chi connectivity index (χ0) is 11.0. The largest absolute Gasteiger partial charge is 0.508 e. The molecule has 0 radical (unpaired) electrons. The van der Waals surface area contributed by atoms with E-state index in [0.29, 0.717) is 0 Å². The lowest BCUT2D eigenvalue weighted by atomic mass is 10.2. The monoisotopic (exact) mass is 205 g/mol. The maximum absolute atomic E-state index is 11.5. The summed E-state index contributed by atoms with van der Waals surface area (Å²) >= 11 is 0. The summed E-state index contributed by atoms with van der Waals surface area (Å²) in [6, 6.07) is 4.70. The number of phenolic OH excluding ortho intramolecular Hbond substituents is 1. The average Bonchev–Trinajstić information content (AvgIpc) is 2.25. The number of hydrogen-bond acceptors (Lipinski definition) is 4. The lowest BCUT2D eigenvalue weighted by Gasteiger charge is -1.92. The van der Waals surface area contributed by atoms with Crippen molar-refractivity contribution in [1.29, 1.82) is 0 Å². The smallest absolute Gasteiger partial charge is 0.252 e. The first-order valence-electron chi connectivity index (χ1n) is 4.17. The molecule has 2 aromatic rings. The summed E-state index contributed by atoms with van der Waals surface area (Å²) in [7, 11) is 0. The van der Waals surface area contributed by atoms with E-state index < -0.39 is 16.7 Å². The second-order valence-electron chi connectivity index (χ2n) is 3.08. The number of phenols is 1. The first kappa shape index (κ1) is 9.26. The third-order valence-corrected chi connectivity index (χ3v) is 2.01. The van der Waals surface area contributed by atoms with Crippen molar-refractivity contribution in [1.82, 2.24) is 4.98 Å². The molecule has 15 heavy (non-hydrogen) atoms. The van der Waals surface area contributed by atoms with Crippen molar-refractivity contribution in [3.63, 3.8) is 0 Å². The van der Waals surface area contributed by atoms with E-state index >= 15 is 0 Å². The van der Waals surface area contributed by atoms with Crippen LogP contribution in [0.5, 0.6) is 11.5 Å². The summed E-state index contributed by atoms with van der Waals surface area (Å²) < 4.78 is 0. The predicted molar refractivity (Wildman–Crippen MR) is 54.2 cm³/mol. The predicted octanol–water partition coefficient (Wildman–Crippen LogP) is 0.299. The molecule has 1 aromatic carbocycles. The minimum absolute atomic E-state index is 0.0664. The molecule has 0 amide bonds. The molecule has 0 bridgehead atoms. The summed E-state index contributed by atoms with van der Waals surface area (Å²) in [5, 5.41) is 18.6. The Morgan fingerprint density at radius 1 is 1.07 bits per heavy atom. The standard InChI is InChI=1S/C10H7NO4/c12-5-1-2-6-7(3-5)11-9(14)4-8(13)10(6)15/h1-4,12H,(H,11,14)(H,13,15). The molecule has 0 aliphatic heterocycles. The SMILES string of the molecule is O=c1cc(O)c(=O)c2ccc(O)cc2[nH]1. The van der Waals surface area contributed by atoms with Crippen molar-refractivity contribution in [2.45, 2.75) is 0 Å². The Bertz CT molecular complexity index is 645. The van der Waals surface area contributed by atoms with E-state index in [2.05, 4.69) is 4.98 Å². The van der Waals surface area contributed by atoms with Crippen LogP contribution >= 0.6 is 0 Å². The lowest BCUT2D eigenvalue weighted by molar-refractivity contribution is 0.471. The molecule has 0 saturated heterocycles. The van der Waals surface area contributed by atoms with Crippen LogP contribution in [0.25, 0.3) is 10.9 Å². The Hall–Kier alpha value is -2.30. The molecule has 0 aliphatic carbocycles. The quantitative estimate of drug-likeness (QED) is 0.577. The third kappa shape index (κ3) is 1.54. The zero-order valence-electron chi connectivity index (χ0n) is 7.52. The highest BCUT2D eigenvalue weighted by Gasteiger charge is 2.03. The normalized spacial score (nSPS) is 10.4. The van der Waals surface area contributed by atoms with Crippen molar-refractivity contribution in [3.05, 3.63) is 44.8 Å². The Balaban J connectivity index is 3.12. The Labute approximate surface area is 83.3 Å². The van der Waals surface area contributed by atoms with Crippen LogP contribution in [0, 0.1) is 0 Å². The molecular formula is C10H7NO4. The maximum Gasteiger partial charge on any atom is 0.252 e. The van der Waals surface area contributed by atoms with E-state index in [1.54, 1.807) is 0 Å². The number of aromatic hydroxyl groups is 2. The van der Waals surface area contributed by atoms with Crippen molar-refractivity contribution >= 4 is 10.9 Å². The van der Waals surface area contributed by atoms with Crippen molar-refractivity contribution in [2.75, 3.05) is 0 Å². The summed E-state index contributed by atoms with van der Waals surface area (Å²) in [6.07, 6.45) is 0. The van der Waals surface area contributed by atoms with Gasteiger partial charge in [-0.2, -0.15) is 0 Å². The van der Waals surface area contributed by atoms with Crippen LogP contribution < -0.4 is 11.0 Å². The van der Waals surface area contributed by atoms with E-state index in [4.69, 9.17) is 0 Å². The number of H-pyrrole nitrogens is 1. The summed E-state index contributed by atoms with van der Waals surface area (Å²) in [5.74, 6) is -0.680. The molecule has 0 unspecified atom stereocenters. The van der Waals surface area contributed by atoms with E-state index in [0.717, 1.165) is 6.07 Å². The Morgan fingerprint density at radius 2 is 1.80 bits per heavy atom. The Kier molecular flexibility index (Phi) is 1.93. The first-order chi connectivity index (χ1) is 7.08. The summed E-state index contributed by atoms with van der Waals surface area (Å²) in [4.78, 5) is 25.0. The molecule has 0 spiro atoms. The topological polar surface area (TPSA) is 90.4 Å². The second-order valence-corrected chi connectivity index (χ2v) is 3.08. The fraction of sp³-hybridized carbons (Fsp3) is 0. The van der Waals surface area contributed by atoms with Gasteiger partial charge < -0.3 is 15.2 Å². The minimum Gasteiger partial charge on any atom is -0.508 e. The molecule has 0 atom stereocenters. The molecule has 0 saturated carbocycles. The number of hydrogen-bond donors (Lipinski definition) is 3. The van der Waals surface area contributed by atoms with Gasteiger partial charge in [-0.3, -0.25) is 9.59 Å². The van der Waals surface area contributed by atoms with E-state index in [-0.39, 0.29) is 16.7 Å². The highest BCUT2D eigenvalue weighted by atomic mass is 16.3. The number of fused-ring (bicyclic) bond motifs is 1. The number of aromatic nitrogens is 1. The molecule has 0 aliphatic rings. The fourth-order valence-electron chi connectivity index (χ4n) is 1.33. The van der Waals surface area contributed by atoms with Gasteiger partial charge in [-0.1, -0.05) is 0 Å². The molecule has 3 N–H and O–H groups in total. The van der Waals surface area contributed by atoms with Gasteiger partial charge in [0.15, 0.2) is 5.75 Å². The van der Waals surface area contributed by atoms with Crippen molar-refractivity contribution in [2.24, 2.45) is 0 Å². The zero-order valence-corrected chi connectivity index (χ0v) is 7.52. The first-order valence-corrected chi connectivity index (χ1v) is 4.17.